The molecule has 1 heterocycles. The van der Waals surface area contributed by atoms with Crippen molar-refractivity contribution in [2.24, 2.45) is 11.8 Å². The first-order valence-corrected chi connectivity index (χ1v) is 7.13. The molecule has 0 aliphatic heterocycles. The van der Waals surface area contributed by atoms with Gasteiger partial charge in [-0.2, -0.15) is 15.0 Å². The van der Waals surface area contributed by atoms with Gasteiger partial charge in [0, 0.05) is 13.1 Å². The largest absolute Gasteiger partial charge is 0.464 e. The zero-order valence-corrected chi connectivity index (χ0v) is 11.5. The van der Waals surface area contributed by atoms with Crippen molar-refractivity contribution in [1.29, 1.82) is 0 Å². The Hall–Kier alpha value is -1.59. The Labute approximate surface area is 113 Å². The van der Waals surface area contributed by atoms with Gasteiger partial charge in [0.05, 0.1) is 6.61 Å². The summed E-state index contributed by atoms with van der Waals surface area (Å²) < 4.78 is 5.38. The lowest BCUT2D eigenvalue weighted by Crippen LogP contribution is -2.26. The number of aromatic nitrogens is 3. The summed E-state index contributed by atoms with van der Waals surface area (Å²) >= 11 is 0. The van der Waals surface area contributed by atoms with Crippen LogP contribution in [0.1, 0.15) is 32.6 Å². The highest BCUT2D eigenvalue weighted by atomic mass is 16.5. The molecule has 2 fully saturated rings. The molecule has 0 saturated heterocycles. The number of anilines is 2. The topological polar surface area (TPSA) is 72.0 Å². The normalized spacial score (nSPS) is 18.5. The molecule has 6 nitrogen and oxygen atoms in total. The van der Waals surface area contributed by atoms with E-state index in [-0.39, 0.29) is 0 Å². The fourth-order valence-electron chi connectivity index (χ4n) is 2.41. The van der Waals surface area contributed by atoms with Crippen molar-refractivity contribution in [1.82, 2.24) is 15.0 Å². The molecule has 2 aliphatic rings. The van der Waals surface area contributed by atoms with Crippen LogP contribution < -0.4 is 15.4 Å². The molecule has 19 heavy (non-hydrogen) atoms. The van der Waals surface area contributed by atoms with E-state index in [0.717, 1.165) is 11.8 Å². The van der Waals surface area contributed by atoms with Gasteiger partial charge in [-0.05, 0) is 44.4 Å². The first-order chi connectivity index (χ1) is 9.30. The highest BCUT2D eigenvalue weighted by molar-refractivity contribution is 5.37. The highest BCUT2D eigenvalue weighted by Crippen LogP contribution is 2.45. The van der Waals surface area contributed by atoms with Gasteiger partial charge in [-0.25, -0.2) is 0 Å². The molecule has 0 radical (unpaired) electrons. The summed E-state index contributed by atoms with van der Waals surface area (Å²) in [5.74, 6) is 2.79. The minimum Gasteiger partial charge on any atom is -0.464 e. The predicted octanol–water partition coefficient (Wildman–Crippen LogP) is 1.91. The van der Waals surface area contributed by atoms with Gasteiger partial charge in [-0.15, -0.1) is 0 Å². The molecule has 2 saturated carbocycles. The van der Waals surface area contributed by atoms with Crippen LogP contribution in [0.4, 0.5) is 11.9 Å². The van der Waals surface area contributed by atoms with Crippen LogP contribution in [0.2, 0.25) is 0 Å². The van der Waals surface area contributed by atoms with Crippen LogP contribution in [0.25, 0.3) is 0 Å². The van der Waals surface area contributed by atoms with Crippen LogP contribution >= 0.6 is 0 Å². The number of nitrogens with one attached hydrogen (secondary N) is 2. The van der Waals surface area contributed by atoms with Crippen molar-refractivity contribution >= 4 is 11.9 Å². The average molecular weight is 263 g/mol. The second kappa shape index (κ2) is 5.19. The van der Waals surface area contributed by atoms with Gasteiger partial charge in [0.2, 0.25) is 11.9 Å². The van der Waals surface area contributed by atoms with Crippen LogP contribution in [0.5, 0.6) is 6.01 Å². The Morgan fingerprint density at radius 1 is 1.11 bits per heavy atom. The first kappa shape index (κ1) is 12.4. The Kier molecular flexibility index (Phi) is 3.40. The molecule has 3 rings (SSSR count). The lowest BCUT2D eigenvalue weighted by Gasteiger charge is -2.18. The van der Waals surface area contributed by atoms with E-state index < -0.39 is 0 Å². The van der Waals surface area contributed by atoms with Crippen LogP contribution in [-0.4, -0.2) is 34.6 Å². The molecule has 104 valence electrons. The van der Waals surface area contributed by atoms with Gasteiger partial charge in [0.1, 0.15) is 0 Å². The van der Waals surface area contributed by atoms with Crippen LogP contribution in [0.15, 0.2) is 0 Å². The molecular weight excluding hydrogens is 242 g/mol. The summed E-state index contributed by atoms with van der Waals surface area (Å²) in [5, 5.41) is 6.44. The third-order valence-electron chi connectivity index (χ3n) is 3.67. The fourth-order valence-corrected chi connectivity index (χ4v) is 2.41. The fraction of sp³-hybridized carbons (Fsp3) is 0.769. The molecule has 6 heteroatoms. The minimum atomic E-state index is 0.384. The quantitative estimate of drug-likeness (QED) is 0.783. The van der Waals surface area contributed by atoms with Crippen molar-refractivity contribution in [2.75, 3.05) is 24.3 Å². The van der Waals surface area contributed by atoms with Gasteiger partial charge in [0.15, 0.2) is 0 Å². The summed E-state index contributed by atoms with van der Waals surface area (Å²) in [6, 6.07) is 0.913. The van der Waals surface area contributed by atoms with Gasteiger partial charge < -0.3 is 15.4 Å². The smallest absolute Gasteiger partial charge is 0.323 e. The van der Waals surface area contributed by atoms with Crippen LogP contribution in [0.3, 0.4) is 0 Å². The molecule has 0 bridgehead atoms. The molecule has 0 aromatic carbocycles. The van der Waals surface area contributed by atoms with E-state index in [4.69, 9.17) is 4.74 Å². The SMILES string of the molecule is CCOc1nc(NC)nc(NC(C2CC2)C2CC2)n1. The third-order valence-corrected chi connectivity index (χ3v) is 3.67. The molecule has 0 spiro atoms. The van der Waals surface area contributed by atoms with E-state index in [1.807, 2.05) is 6.92 Å². The van der Waals surface area contributed by atoms with E-state index >= 15 is 0 Å². The maximum absolute atomic E-state index is 5.38. The second-order valence-corrected chi connectivity index (χ2v) is 5.29. The van der Waals surface area contributed by atoms with Crippen molar-refractivity contribution < 1.29 is 4.74 Å². The predicted molar refractivity (Wildman–Crippen MR) is 73.4 cm³/mol. The zero-order chi connectivity index (χ0) is 13.2. The van der Waals surface area contributed by atoms with Crippen molar-refractivity contribution in [3.05, 3.63) is 0 Å². The number of ether oxygens (including phenoxy) is 1. The van der Waals surface area contributed by atoms with E-state index in [1.54, 1.807) is 7.05 Å². The molecule has 0 atom stereocenters. The maximum atomic E-state index is 5.38. The summed E-state index contributed by atoms with van der Waals surface area (Å²) in [5.41, 5.74) is 0. The van der Waals surface area contributed by atoms with Gasteiger partial charge >= 0.3 is 6.01 Å². The monoisotopic (exact) mass is 263 g/mol. The molecule has 2 N–H and O–H groups in total. The summed E-state index contributed by atoms with van der Waals surface area (Å²) in [4.78, 5) is 12.9. The summed E-state index contributed by atoms with van der Waals surface area (Å²) in [6.07, 6.45) is 5.32. The van der Waals surface area contributed by atoms with Gasteiger partial charge in [-0.3, -0.25) is 0 Å². The highest BCUT2D eigenvalue weighted by Gasteiger charge is 2.41. The van der Waals surface area contributed by atoms with E-state index in [2.05, 4.69) is 25.6 Å². The maximum Gasteiger partial charge on any atom is 0.323 e. The first-order valence-electron chi connectivity index (χ1n) is 7.13. The Morgan fingerprint density at radius 2 is 1.74 bits per heavy atom. The average Bonchev–Trinajstić information content (AvgIpc) is 3.29. The number of rotatable bonds is 7. The van der Waals surface area contributed by atoms with E-state index in [1.165, 1.54) is 25.7 Å². The van der Waals surface area contributed by atoms with E-state index in [0.29, 0.717) is 30.6 Å². The Morgan fingerprint density at radius 3 is 2.26 bits per heavy atom. The van der Waals surface area contributed by atoms with E-state index in [9.17, 15) is 0 Å². The number of hydrogen-bond acceptors (Lipinski definition) is 6. The van der Waals surface area contributed by atoms with Crippen LogP contribution in [0, 0.1) is 11.8 Å². The Balaban J connectivity index is 1.75. The Bertz CT molecular complexity index is 433. The number of nitrogens with zero attached hydrogens (tertiary/aromatic N) is 3. The molecule has 1 aromatic heterocycles. The molecule has 2 aliphatic carbocycles. The van der Waals surface area contributed by atoms with Crippen molar-refractivity contribution in [3.8, 4) is 6.01 Å². The minimum absolute atomic E-state index is 0.384. The van der Waals surface area contributed by atoms with Crippen LogP contribution in [-0.2, 0) is 0 Å². The standard InChI is InChI=1S/C13H21N5O/c1-3-19-13-17-11(14-2)16-12(18-13)15-10(8-4-5-8)9-6-7-9/h8-10H,3-7H2,1-2H3,(H2,14,15,16,17,18). The summed E-state index contributed by atoms with van der Waals surface area (Å²) in [7, 11) is 1.80. The zero-order valence-electron chi connectivity index (χ0n) is 11.5. The van der Waals surface area contributed by atoms with Gasteiger partial charge in [0.25, 0.3) is 0 Å². The lowest BCUT2D eigenvalue weighted by molar-refractivity contribution is 0.312. The molecule has 1 aromatic rings. The third kappa shape index (κ3) is 3.05. The molecular formula is C13H21N5O. The van der Waals surface area contributed by atoms with Crippen molar-refractivity contribution in [2.45, 2.75) is 38.6 Å². The van der Waals surface area contributed by atoms with Gasteiger partial charge in [-0.1, -0.05) is 0 Å². The molecule has 0 unspecified atom stereocenters. The lowest BCUT2D eigenvalue weighted by atomic mass is 10.1. The van der Waals surface area contributed by atoms with Crippen molar-refractivity contribution in [3.63, 3.8) is 0 Å². The summed E-state index contributed by atoms with van der Waals surface area (Å²) in [6.45, 7) is 2.48. The number of hydrogen-bond donors (Lipinski definition) is 2. The second-order valence-electron chi connectivity index (χ2n) is 5.29. The molecule has 0 amide bonds.